The summed E-state index contributed by atoms with van der Waals surface area (Å²) in [4.78, 5) is 0. The lowest BCUT2D eigenvalue weighted by molar-refractivity contribution is 0.207. The molecule has 0 aromatic rings. The maximum atomic E-state index is 9.59. The first-order valence-corrected chi connectivity index (χ1v) is 25.5. The van der Waals surface area contributed by atoms with E-state index in [1.807, 2.05) is 32.7 Å². The van der Waals surface area contributed by atoms with E-state index in [9.17, 15) is 25.5 Å². The summed E-state index contributed by atoms with van der Waals surface area (Å²) in [5.74, 6) is 0. The van der Waals surface area contributed by atoms with Crippen LogP contribution in [0.2, 0.25) is 63.0 Å². The second-order valence-corrected chi connectivity index (χ2v) is 28.2. The average molecular weight is 591 g/mol. The van der Waals surface area contributed by atoms with Crippen molar-refractivity contribution in [3.8, 4) is 0 Å². The molecule has 0 atom stereocenters. The molecule has 0 saturated carbocycles. The summed E-state index contributed by atoms with van der Waals surface area (Å²) < 4.78 is 34.4. The molecule has 0 aromatic carbocycles. The summed E-state index contributed by atoms with van der Waals surface area (Å²) in [7, 11) is -14.6. The van der Waals surface area contributed by atoms with E-state index >= 15 is 0 Å². The normalized spacial score (nSPS) is 36.9. The largest absolute Gasteiger partial charge is 0.416 e. The van der Waals surface area contributed by atoms with E-state index in [1.165, 1.54) is 0 Å². The van der Waals surface area contributed by atoms with Gasteiger partial charge in [0, 0.05) is 33.0 Å². The van der Waals surface area contributed by atoms with Gasteiger partial charge in [-0.3, -0.25) is 0 Å². The number of aliphatic hydroxyl groups is 5. The second kappa shape index (κ2) is 15.3. The molecule has 10 nitrogen and oxygen atoms in total. The zero-order valence-corrected chi connectivity index (χ0v) is 27.4. The van der Waals surface area contributed by atoms with Crippen molar-refractivity contribution in [2.24, 2.45) is 0 Å². The zero-order chi connectivity index (χ0) is 26.6. The molecule has 0 radical (unpaired) electrons. The highest BCUT2D eigenvalue weighted by Gasteiger charge is 2.56. The first-order chi connectivity index (χ1) is 16.3. The van der Waals surface area contributed by atoms with Crippen molar-refractivity contribution in [3.05, 3.63) is 0 Å². The van der Waals surface area contributed by atoms with Gasteiger partial charge in [-0.15, -0.1) is 0 Å². The minimum absolute atomic E-state index is 0.0237. The Morgan fingerprint density at radius 2 is 0.486 bits per heavy atom. The van der Waals surface area contributed by atoms with Gasteiger partial charge in [0.05, 0.1) is 0 Å². The van der Waals surface area contributed by atoms with Crippen molar-refractivity contribution in [2.75, 3.05) is 33.0 Å². The summed E-state index contributed by atoms with van der Waals surface area (Å²) in [6.45, 7) is 10.1. The summed E-state index contributed by atoms with van der Waals surface area (Å²) >= 11 is 0. The molecule has 1 rings (SSSR count). The minimum atomic E-state index is -2.91. The highest BCUT2D eigenvalue weighted by Crippen LogP contribution is 2.38. The van der Waals surface area contributed by atoms with Gasteiger partial charge in [-0.25, -0.2) is 0 Å². The molecule has 5 N–H and O–H groups in total. The van der Waals surface area contributed by atoms with Crippen molar-refractivity contribution in [2.45, 2.75) is 95.1 Å². The Balaban J connectivity index is 3.62. The van der Waals surface area contributed by atoms with Gasteiger partial charge in [0.25, 0.3) is 0 Å². The molecule has 35 heavy (non-hydrogen) atoms. The molecule has 0 spiro atoms. The third-order valence-corrected chi connectivity index (χ3v) is 29.7. The Labute approximate surface area is 216 Å². The molecule has 15 heteroatoms. The predicted octanol–water partition coefficient (Wildman–Crippen LogP) is 2.35. The van der Waals surface area contributed by atoms with Gasteiger partial charge >= 0.3 is 42.8 Å². The molecule has 1 saturated heterocycles. The van der Waals surface area contributed by atoms with E-state index in [1.54, 1.807) is 0 Å². The maximum Gasteiger partial charge on any atom is 0.317 e. The summed E-state index contributed by atoms with van der Waals surface area (Å²) in [5, 5.41) is 48.0. The van der Waals surface area contributed by atoms with Crippen molar-refractivity contribution in [1.82, 2.24) is 0 Å². The molecule has 1 aliphatic rings. The van der Waals surface area contributed by atoms with Gasteiger partial charge < -0.3 is 46.1 Å². The molecular formula is C20H50O10Si5. The van der Waals surface area contributed by atoms with E-state index in [0.717, 1.165) is 0 Å². The van der Waals surface area contributed by atoms with Crippen LogP contribution in [0.1, 0.15) is 32.1 Å². The zero-order valence-electron chi connectivity index (χ0n) is 22.4. The Kier molecular flexibility index (Phi) is 14.8. The molecule has 1 aliphatic heterocycles. The molecular weight excluding hydrogens is 541 g/mol. The quantitative estimate of drug-likeness (QED) is 0.180. The fourth-order valence-electron chi connectivity index (χ4n) is 4.90. The lowest BCUT2D eigenvalue weighted by atomic mass is 10.5. The van der Waals surface area contributed by atoms with Crippen LogP contribution < -0.4 is 0 Å². The van der Waals surface area contributed by atoms with Crippen molar-refractivity contribution < 1.29 is 46.1 Å². The molecule has 0 aliphatic carbocycles. The first-order valence-electron chi connectivity index (χ1n) is 12.9. The predicted molar refractivity (Wildman–Crippen MR) is 146 cm³/mol. The minimum Gasteiger partial charge on any atom is -0.416 e. The van der Waals surface area contributed by atoms with Crippen molar-refractivity contribution >= 4 is 42.8 Å². The van der Waals surface area contributed by atoms with Crippen LogP contribution in [0, 0.1) is 0 Å². The van der Waals surface area contributed by atoms with Gasteiger partial charge in [-0.2, -0.15) is 0 Å². The third kappa shape index (κ3) is 11.9. The molecule has 0 unspecified atom stereocenters. The number of hydrogen-bond donors (Lipinski definition) is 5. The number of rotatable bonds is 15. The highest BCUT2D eigenvalue weighted by atomic mass is 28.5. The van der Waals surface area contributed by atoms with E-state index in [4.69, 9.17) is 20.6 Å². The van der Waals surface area contributed by atoms with Gasteiger partial charge in [0.1, 0.15) is 0 Å². The number of aliphatic hydroxyl groups excluding tert-OH is 5. The van der Waals surface area contributed by atoms with Crippen molar-refractivity contribution in [1.29, 1.82) is 0 Å². The fraction of sp³-hybridized carbons (Fsp3) is 1.00. The van der Waals surface area contributed by atoms with E-state index in [-0.39, 0.29) is 33.0 Å². The van der Waals surface area contributed by atoms with Crippen LogP contribution in [0.25, 0.3) is 0 Å². The maximum absolute atomic E-state index is 9.59. The van der Waals surface area contributed by atoms with Crippen LogP contribution in [0.3, 0.4) is 0 Å². The topological polar surface area (TPSA) is 147 Å². The standard InChI is InChI=1S/C20H50O10Si5/c1-31(16-6-11-21)26-32(2,17-7-12-22)28-34(4,19-9-14-24)30-35(5,20-10-15-25)29-33(3,27-31)18-8-13-23/h21-25H,6-20H2,1-5H3. The van der Waals surface area contributed by atoms with Crippen LogP contribution in [-0.2, 0) is 20.6 Å². The Bertz CT molecular complexity index is 477. The second-order valence-electron chi connectivity index (χ2n) is 10.3. The molecule has 1 fully saturated rings. The van der Waals surface area contributed by atoms with E-state index in [0.29, 0.717) is 62.3 Å². The Hall–Kier alpha value is 0.684. The lowest BCUT2D eigenvalue weighted by Crippen LogP contribution is -2.67. The van der Waals surface area contributed by atoms with E-state index < -0.39 is 42.8 Å². The van der Waals surface area contributed by atoms with Crippen LogP contribution >= 0.6 is 0 Å². The van der Waals surface area contributed by atoms with Gasteiger partial charge in [0.15, 0.2) is 0 Å². The van der Waals surface area contributed by atoms with Gasteiger partial charge in [-0.05, 0) is 95.1 Å². The molecule has 0 bridgehead atoms. The summed E-state index contributed by atoms with van der Waals surface area (Å²) in [6, 6.07) is 2.87. The number of hydrogen-bond acceptors (Lipinski definition) is 10. The molecule has 0 amide bonds. The van der Waals surface area contributed by atoms with Crippen molar-refractivity contribution in [3.63, 3.8) is 0 Å². The smallest absolute Gasteiger partial charge is 0.317 e. The fourth-order valence-corrected chi connectivity index (χ4v) is 34.0. The van der Waals surface area contributed by atoms with E-state index in [2.05, 4.69) is 0 Å². The van der Waals surface area contributed by atoms with Gasteiger partial charge in [-0.1, -0.05) is 0 Å². The summed E-state index contributed by atoms with van der Waals surface area (Å²) in [5.41, 5.74) is 0. The highest BCUT2D eigenvalue weighted by molar-refractivity contribution is 6.94. The average Bonchev–Trinajstić information content (AvgIpc) is 2.76. The lowest BCUT2D eigenvalue weighted by Gasteiger charge is -2.50. The first kappa shape index (κ1) is 33.7. The Morgan fingerprint density at radius 3 is 0.600 bits per heavy atom. The summed E-state index contributed by atoms with van der Waals surface area (Å²) in [6.07, 6.45) is 2.67. The van der Waals surface area contributed by atoms with Crippen LogP contribution in [-0.4, -0.2) is 101 Å². The monoisotopic (exact) mass is 590 g/mol. The Morgan fingerprint density at radius 1 is 0.343 bits per heavy atom. The third-order valence-electron chi connectivity index (χ3n) is 6.10. The van der Waals surface area contributed by atoms with Crippen LogP contribution in [0.15, 0.2) is 0 Å². The molecule has 0 aromatic heterocycles. The van der Waals surface area contributed by atoms with Crippen LogP contribution in [0.4, 0.5) is 0 Å². The van der Waals surface area contributed by atoms with Gasteiger partial charge in [0.2, 0.25) is 0 Å². The molecule has 1 heterocycles. The SMILES string of the molecule is C[Si]1(CCCO)O[Si](C)(CCCO)O[Si](C)(CCCO)O[Si](C)(CCCO)O[Si](C)(CCCO)O1. The van der Waals surface area contributed by atoms with Crippen LogP contribution in [0.5, 0.6) is 0 Å². The molecule has 210 valence electrons.